The number of amides is 1. The summed E-state index contributed by atoms with van der Waals surface area (Å²) >= 11 is 3.51. The van der Waals surface area contributed by atoms with E-state index in [1.165, 1.54) is 29.9 Å². The van der Waals surface area contributed by atoms with E-state index in [2.05, 4.69) is 28.5 Å². The summed E-state index contributed by atoms with van der Waals surface area (Å²) in [5.74, 6) is 1.33. The van der Waals surface area contributed by atoms with Gasteiger partial charge >= 0.3 is 0 Å². The second-order valence-corrected chi connectivity index (χ2v) is 10.1. The highest BCUT2D eigenvalue weighted by atomic mass is 32.2. The molecule has 4 nitrogen and oxygen atoms in total. The minimum Gasteiger partial charge on any atom is -0.451 e. The van der Waals surface area contributed by atoms with Crippen molar-refractivity contribution in [3.63, 3.8) is 0 Å². The van der Waals surface area contributed by atoms with Crippen LogP contribution in [-0.2, 0) is 5.75 Å². The van der Waals surface area contributed by atoms with Gasteiger partial charge in [0.1, 0.15) is 5.58 Å². The molecule has 1 aromatic carbocycles. The first-order valence-corrected chi connectivity index (χ1v) is 12.4. The zero-order valence-electron chi connectivity index (χ0n) is 16.5. The monoisotopic (exact) mass is 426 g/mol. The summed E-state index contributed by atoms with van der Waals surface area (Å²) < 4.78 is 7.36. The molecule has 6 heteroatoms. The summed E-state index contributed by atoms with van der Waals surface area (Å²) in [4.78, 5) is 18.0. The van der Waals surface area contributed by atoms with Gasteiger partial charge in [-0.05, 0) is 30.4 Å². The van der Waals surface area contributed by atoms with Crippen LogP contribution in [0.15, 0.2) is 50.4 Å². The molecule has 5 rings (SSSR count). The van der Waals surface area contributed by atoms with Crippen LogP contribution in [0.5, 0.6) is 0 Å². The Bertz CT molecular complexity index is 968. The molecule has 1 saturated heterocycles. The normalized spacial score (nSPS) is 18.7. The predicted molar refractivity (Wildman–Crippen MR) is 120 cm³/mol. The molecule has 3 heterocycles. The Morgan fingerprint density at radius 2 is 1.86 bits per heavy atom. The Hall–Kier alpha value is -1.76. The summed E-state index contributed by atoms with van der Waals surface area (Å²) in [6.45, 7) is 3.56. The van der Waals surface area contributed by atoms with Gasteiger partial charge in [-0.1, -0.05) is 37.1 Å². The van der Waals surface area contributed by atoms with Gasteiger partial charge in [-0.2, -0.15) is 0 Å². The molecule has 1 aliphatic heterocycles. The number of para-hydroxylation sites is 1. The standard InChI is InChI=1S/C23H26N2O2S2/c26-23(25-13-11-24(12-14-25)17-6-1-2-7-17)22-19(16-29-21-10-5-15-28-21)18-8-3-4-9-20(18)27-22/h3-5,8-10,15,17H,1-2,6-7,11-14,16H2. The number of nitrogens with zero attached hydrogens (tertiary/aromatic N) is 2. The van der Waals surface area contributed by atoms with E-state index in [0.717, 1.165) is 54.5 Å². The number of hydrogen-bond donors (Lipinski definition) is 0. The van der Waals surface area contributed by atoms with E-state index in [1.54, 1.807) is 23.1 Å². The Labute approximate surface area is 179 Å². The van der Waals surface area contributed by atoms with Crippen molar-refractivity contribution in [1.29, 1.82) is 0 Å². The van der Waals surface area contributed by atoms with Crippen molar-refractivity contribution >= 4 is 40.0 Å². The van der Waals surface area contributed by atoms with Crippen molar-refractivity contribution in [2.45, 2.75) is 41.7 Å². The van der Waals surface area contributed by atoms with E-state index in [-0.39, 0.29) is 5.91 Å². The fraction of sp³-hybridized carbons (Fsp3) is 0.435. The molecular formula is C23H26N2O2S2. The highest BCUT2D eigenvalue weighted by molar-refractivity contribution is 8.00. The maximum absolute atomic E-state index is 13.4. The fourth-order valence-electron chi connectivity index (χ4n) is 4.61. The maximum atomic E-state index is 13.4. The van der Waals surface area contributed by atoms with E-state index in [9.17, 15) is 4.79 Å². The van der Waals surface area contributed by atoms with Gasteiger partial charge < -0.3 is 9.32 Å². The Morgan fingerprint density at radius 3 is 2.62 bits per heavy atom. The van der Waals surface area contributed by atoms with Crippen LogP contribution in [0.25, 0.3) is 11.0 Å². The van der Waals surface area contributed by atoms with E-state index < -0.39 is 0 Å². The number of carbonyl (C=O) groups excluding carboxylic acids is 1. The van der Waals surface area contributed by atoms with Crippen molar-refractivity contribution in [3.8, 4) is 0 Å². The Kier molecular flexibility index (Phi) is 5.66. The number of thioether (sulfide) groups is 1. The third kappa shape index (κ3) is 3.98. The van der Waals surface area contributed by atoms with E-state index in [1.807, 2.05) is 23.1 Å². The fourth-order valence-corrected chi connectivity index (χ4v) is 6.42. The van der Waals surface area contributed by atoms with Gasteiger partial charge in [0, 0.05) is 48.9 Å². The van der Waals surface area contributed by atoms with Gasteiger partial charge in [0.15, 0.2) is 5.76 Å². The Balaban J connectivity index is 1.34. The first-order chi connectivity index (χ1) is 14.3. The Morgan fingerprint density at radius 1 is 1.07 bits per heavy atom. The number of thiophene rings is 1. The lowest BCUT2D eigenvalue weighted by Crippen LogP contribution is -2.51. The van der Waals surface area contributed by atoms with Crippen LogP contribution in [0.3, 0.4) is 0 Å². The van der Waals surface area contributed by atoms with E-state index >= 15 is 0 Å². The number of hydrogen-bond acceptors (Lipinski definition) is 5. The SMILES string of the molecule is O=C(c1oc2ccccc2c1CSc1cccs1)N1CCN(C2CCCC2)CC1. The van der Waals surface area contributed by atoms with Crippen LogP contribution in [0.4, 0.5) is 0 Å². The summed E-state index contributed by atoms with van der Waals surface area (Å²) in [6.07, 6.45) is 5.35. The summed E-state index contributed by atoms with van der Waals surface area (Å²) in [7, 11) is 0. The molecule has 0 radical (unpaired) electrons. The van der Waals surface area contributed by atoms with Crippen LogP contribution >= 0.6 is 23.1 Å². The molecular weight excluding hydrogens is 400 g/mol. The van der Waals surface area contributed by atoms with Crippen LogP contribution in [-0.4, -0.2) is 47.9 Å². The largest absolute Gasteiger partial charge is 0.451 e. The number of carbonyl (C=O) groups is 1. The smallest absolute Gasteiger partial charge is 0.290 e. The number of rotatable bonds is 5. The molecule has 2 aliphatic rings. The van der Waals surface area contributed by atoms with Crippen LogP contribution in [0.2, 0.25) is 0 Å². The summed E-state index contributed by atoms with van der Waals surface area (Å²) in [6, 6.07) is 12.9. The van der Waals surface area contributed by atoms with Gasteiger partial charge in [-0.3, -0.25) is 9.69 Å². The molecule has 1 saturated carbocycles. The predicted octanol–water partition coefficient (Wildman–Crippen LogP) is 5.49. The van der Waals surface area contributed by atoms with Gasteiger partial charge in [-0.25, -0.2) is 0 Å². The molecule has 2 aromatic heterocycles. The van der Waals surface area contributed by atoms with Crippen LogP contribution in [0.1, 0.15) is 41.8 Å². The molecule has 0 bridgehead atoms. The average Bonchev–Trinajstić information content (AvgIpc) is 3.53. The summed E-state index contributed by atoms with van der Waals surface area (Å²) in [5, 5.41) is 3.15. The van der Waals surface area contributed by atoms with Crippen molar-refractivity contribution in [2.24, 2.45) is 0 Å². The molecule has 0 N–H and O–H groups in total. The maximum Gasteiger partial charge on any atom is 0.290 e. The van der Waals surface area contributed by atoms with Crippen molar-refractivity contribution in [2.75, 3.05) is 26.2 Å². The van der Waals surface area contributed by atoms with E-state index in [0.29, 0.717) is 5.76 Å². The molecule has 1 amide bonds. The zero-order chi connectivity index (χ0) is 19.6. The quantitative estimate of drug-likeness (QED) is 0.506. The molecule has 1 aliphatic carbocycles. The zero-order valence-corrected chi connectivity index (χ0v) is 18.1. The lowest BCUT2D eigenvalue weighted by Gasteiger charge is -2.37. The minimum absolute atomic E-state index is 0.0500. The summed E-state index contributed by atoms with van der Waals surface area (Å²) in [5.41, 5.74) is 1.84. The third-order valence-electron chi connectivity index (χ3n) is 6.19. The highest BCUT2D eigenvalue weighted by Gasteiger charge is 2.31. The number of piperazine rings is 1. The molecule has 0 unspecified atom stereocenters. The third-order valence-corrected chi connectivity index (χ3v) is 8.35. The first kappa shape index (κ1) is 19.2. The van der Waals surface area contributed by atoms with Crippen molar-refractivity contribution < 1.29 is 9.21 Å². The van der Waals surface area contributed by atoms with Crippen LogP contribution in [0, 0.1) is 0 Å². The van der Waals surface area contributed by atoms with Crippen molar-refractivity contribution in [1.82, 2.24) is 9.80 Å². The number of benzene rings is 1. The van der Waals surface area contributed by atoms with Crippen molar-refractivity contribution in [3.05, 3.63) is 53.1 Å². The topological polar surface area (TPSA) is 36.7 Å². The molecule has 2 fully saturated rings. The lowest BCUT2D eigenvalue weighted by atomic mass is 10.1. The molecule has 0 spiro atoms. The van der Waals surface area contributed by atoms with Gasteiger partial charge in [0.25, 0.3) is 5.91 Å². The second-order valence-electron chi connectivity index (χ2n) is 7.89. The lowest BCUT2D eigenvalue weighted by molar-refractivity contribution is 0.0546. The second kappa shape index (κ2) is 8.54. The van der Waals surface area contributed by atoms with Gasteiger partial charge in [0.05, 0.1) is 4.21 Å². The molecule has 0 atom stereocenters. The molecule has 3 aromatic rings. The number of furan rings is 1. The van der Waals surface area contributed by atoms with Crippen LogP contribution < -0.4 is 0 Å². The van der Waals surface area contributed by atoms with Gasteiger partial charge in [0.2, 0.25) is 0 Å². The molecule has 29 heavy (non-hydrogen) atoms. The van der Waals surface area contributed by atoms with Gasteiger partial charge in [-0.15, -0.1) is 23.1 Å². The first-order valence-electron chi connectivity index (χ1n) is 10.5. The molecule has 152 valence electrons. The minimum atomic E-state index is 0.0500. The van der Waals surface area contributed by atoms with E-state index in [4.69, 9.17) is 4.42 Å². The average molecular weight is 427 g/mol. The highest BCUT2D eigenvalue weighted by Crippen LogP contribution is 2.34. The number of fused-ring (bicyclic) bond motifs is 1.